The van der Waals surface area contributed by atoms with Gasteiger partial charge in [-0.05, 0) is 47.5 Å². The van der Waals surface area contributed by atoms with E-state index in [2.05, 4.69) is 57.0 Å². The second-order valence-corrected chi connectivity index (χ2v) is 6.87. The van der Waals surface area contributed by atoms with Gasteiger partial charge >= 0.3 is 0 Å². The summed E-state index contributed by atoms with van der Waals surface area (Å²) in [4.78, 5) is 10.2. The SMILES string of the molecule is CN=C(N)Nc1ccc(-c2ccc(-c3ccc(NC(N)=NC)cc3)s2)cc1. The molecular formula is C20H22N6S. The lowest BCUT2D eigenvalue weighted by molar-refractivity contribution is 1.38. The van der Waals surface area contributed by atoms with Gasteiger partial charge in [0, 0.05) is 35.2 Å². The topological polar surface area (TPSA) is 101 Å². The largest absolute Gasteiger partial charge is 0.370 e. The molecule has 3 aromatic rings. The van der Waals surface area contributed by atoms with E-state index in [4.69, 9.17) is 11.5 Å². The molecule has 1 heterocycles. The van der Waals surface area contributed by atoms with Crippen LogP contribution in [-0.4, -0.2) is 26.0 Å². The lowest BCUT2D eigenvalue weighted by Crippen LogP contribution is -2.21. The van der Waals surface area contributed by atoms with Gasteiger partial charge in [0.25, 0.3) is 0 Å². The molecule has 0 saturated heterocycles. The number of benzene rings is 2. The molecule has 27 heavy (non-hydrogen) atoms. The third-order valence-electron chi connectivity index (χ3n) is 3.97. The molecule has 138 valence electrons. The molecule has 0 bridgehead atoms. The van der Waals surface area contributed by atoms with Crippen LogP contribution in [0.2, 0.25) is 0 Å². The number of guanidine groups is 2. The molecule has 6 N–H and O–H groups in total. The summed E-state index contributed by atoms with van der Waals surface area (Å²) in [5.74, 6) is 0.789. The number of hydrogen-bond donors (Lipinski definition) is 4. The molecule has 2 aromatic carbocycles. The van der Waals surface area contributed by atoms with Gasteiger partial charge in [0.15, 0.2) is 11.9 Å². The first-order chi connectivity index (χ1) is 13.1. The van der Waals surface area contributed by atoms with E-state index in [0.29, 0.717) is 11.9 Å². The Kier molecular flexibility index (Phi) is 5.73. The first kappa shape index (κ1) is 18.5. The van der Waals surface area contributed by atoms with E-state index in [1.165, 1.54) is 9.75 Å². The van der Waals surface area contributed by atoms with Gasteiger partial charge in [0.1, 0.15) is 0 Å². The average molecular weight is 379 g/mol. The maximum Gasteiger partial charge on any atom is 0.192 e. The number of nitrogens with zero attached hydrogens (tertiary/aromatic N) is 2. The third-order valence-corrected chi connectivity index (χ3v) is 5.15. The van der Waals surface area contributed by atoms with Crippen LogP contribution in [0.1, 0.15) is 0 Å². The van der Waals surface area contributed by atoms with E-state index in [0.717, 1.165) is 22.5 Å². The monoisotopic (exact) mass is 378 g/mol. The molecule has 3 rings (SSSR count). The van der Waals surface area contributed by atoms with Gasteiger partial charge in [-0.1, -0.05) is 24.3 Å². The van der Waals surface area contributed by atoms with Crippen LogP contribution < -0.4 is 22.1 Å². The van der Waals surface area contributed by atoms with Crippen molar-refractivity contribution < 1.29 is 0 Å². The summed E-state index contributed by atoms with van der Waals surface area (Å²) in [6.45, 7) is 0. The van der Waals surface area contributed by atoms with Crippen LogP contribution >= 0.6 is 11.3 Å². The van der Waals surface area contributed by atoms with Gasteiger partial charge < -0.3 is 22.1 Å². The molecule has 0 radical (unpaired) electrons. The molecule has 0 spiro atoms. The summed E-state index contributed by atoms with van der Waals surface area (Å²) in [5.41, 5.74) is 15.5. The number of thiophene rings is 1. The number of rotatable bonds is 4. The molecule has 0 atom stereocenters. The van der Waals surface area contributed by atoms with Crippen molar-refractivity contribution in [1.29, 1.82) is 0 Å². The average Bonchev–Trinajstić information content (AvgIpc) is 3.19. The maximum absolute atomic E-state index is 5.69. The quantitative estimate of drug-likeness (QED) is 0.410. The first-order valence-corrected chi connectivity index (χ1v) is 9.20. The van der Waals surface area contributed by atoms with Crippen LogP contribution in [0.4, 0.5) is 11.4 Å². The minimum atomic E-state index is 0.395. The molecule has 7 heteroatoms. The highest BCUT2D eigenvalue weighted by atomic mass is 32.1. The van der Waals surface area contributed by atoms with E-state index in [9.17, 15) is 0 Å². The highest BCUT2D eigenvalue weighted by molar-refractivity contribution is 7.18. The number of aliphatic imine (C=N–C) groups is 2. The van der Waals surface area contributed by atoms with Crippen LogP contribution in [0, 0.1) is 0 Å². The van der Waals surface area contributed by atoms with Gasteiger partial charge in [-0.15, -0.1) is 11.3 Å². The Bertz CT molecular complexity index is 877. The smallest absolute Gasteiger partial charge is 0.192 e. The fraction of sp³-hybridized carbons (Fsp3) is 0.100. The molecule has 6 nitrogen and oxygen atoms in total. The Labute approximate surface area is 162 Å². The van der Waals surface area contributed by atoms with E-state index in [1.807, 2.05) is 24.3 Å². The molecule has 0 aliphatic carbocycles. The van der Waals surface area contributed by atoms with Crippen molar-refractivity contribution in [2.75, 3.05) is 24.7 Å². The summed E-state index contributed by atoms with van der Waals surface area (Å²) in [6.07, 6.45) is 0. The van der Waals surface area contributed by atoms with Crippen molar-refractivity contribution in [1.82, 2.24) is 0 Å². The van der Waals surface area contributed by atoms with Crippen LogP contribution in [0.3, 0.4) is 0 Å². The summed E-state index contributed by atoms with van der Waals surface area (Å²) in [5, 5.41) is 6.06. The molecule has 0 amide bonds. The second-order valence-electron chi connectivity index (χ2n) is 5.79. The Hall–Kier alpha value is -3.32. The van der Waals surface area contributed by atoms with Crippen LogP contribution in [0.5, 0.6) is 0 Å². The van der Waals surface area contributed by atoms with Gasteiger partial charge in [0.2, 0.25) is 0 Å². The predicted octanol–water partition coefficient (Wildman–Crippen LogP) is 3.79. The number of hydrogen-bond acceptors (Lipinski definition) is 3. The highest BCUT2D eigenvalue weighted by Crippen LogP contribution is 2.35. The van der Waals surface area contributed by atoms with Crippen molar-refractivity contribution in [3.63, 3.8) is 0 Å². The standard InChI is InChI=1S/C20H22N6S/c1-23-19(21)25-15-7-3-13(4-8-15)17-11-12-18(27-17)14-5-9-16(10-6-14)26-20(22)24-2/h3-12H,1-2H3,(H3,21,23,25)(H3,22,24,26). The summed E-state index contributed by atoms with van der Waals surface area (Å²) < 4.78 is 0. The van der Waals surface area contributed by atoms with Crippen LogP contribution in [-0.2, 0) is 0 Å². The first-order valence-electron chi connectivity index (χ1n) is 8.38. The van der Waals surface area contributed by atoms with Crippen molar-refractivity contribution in [2.24, 2.45) is 21.5 Å². The molecule has 1 aromatic heterocycles. The fourth-order valence-corrected chi connectivity index (χ4v) is 3.51. The van der Waals surface area contributed by atoms with E-state index < -0.39 is 0 Å². The van der Waals surface area contributed by atoms with E-state index in [1.54, 1.807) is 25.4 Å². The number of nitrogens with one attached hydrogen (secondary N) is 2. The van der Waals surface area contributed by atoms with Crippen molar-refractivity contribution in [3.8, 4) is 20.9 Å². The summed E-state index contributed by atoms with van der Waals surface area (Å²) in [6, 6.07) is 20.5. The van der Waals surface area contributed by atoms with Crippen molar-refractivity contribution in [3.05, 3.63) is 60.7 Å². The molecule has 0 unspecified atom stereocenters. The zero-order valence-corrected chi connectivity index (χ0v) is 16.0. The second kappa shape index (κ2) is 8.37. The predicted molar refractivity (Wildman–Crippen MR) is 118 cm³/mol. The minimum Gasteiger partial charge on any atom is -0.370 e. The molecule has 0 fully saturated rings. The Balaban J connectivity index is 1.74. The van der Waals surface area contributed by atoms with Crippen LogP contribution in [0.25, 0.3) is 20.9 Å². The summed E-state index contributed by atoms with van der Waals surface area (Å²) >= 11 is 1.75. The Morgan fingerprint density at radius 3 is 1.37 bits per heavy atom. The zero-order valence-electron chi connectivity index (χ0n) is 15.2. The molecule has 0 aliphatic heterocycles. The lowest BCUT2D eigenvalue weighted by atomic mass is 10.1. The van der Waals surface area contributed by atoms with Gasteiger partial charge in [-0.3, -0.25) is 9.98 Å². The fourth-order valence-electron chi connectivity index (χ4n) is 2.49. The number of anilines is 2. The minimum absolute atomic E-state index is 0.395. The Morgan fingerprint density at radius 1 is 0.667 bits per heavy atom. The van der Waals surface area contributed by atoms with E-state index in [-0.39, 0.29) is 0 Å². The summed E-state index contributed by atoms with van der Waals surface area (Å²) in [7, 11) is 3.30. The molecular weight excluding hydrogens is 356 g/mol. The maximum atomic E-state index is 5.69. The van der Waals surface area contributed by atoms with Gasteiger partial charge in [-0.2, -0.15) is 0 Å². The normalized spacial score (nSPS) is 12.1. The highest BCUT2D eigenvalue weighted by Gasteiger charge is 2.06. The van der Waals surface area contributed by atoms with Gasteiger partial charge in [-0.25, -0.2) is 0 Å². The number of nitrogens with two attached hydrogens (primary N) is 2. The van der Waals surface area contributed by atoms with Crippen LogP contribution in [0.15, 0.2) is 70.6 Å². The Morgan fingerprint density at radius 2 is 1.04 bits per heavy atom. The van der Waals surface area contributed by atoms with E-state index >= 15 is 0 Å². The van der Waals surface area contributed by atoms with Gasteiger partial charge in [0.05, 0.1) is 0 Å². The molecule has 0 saturated carbocycles. The third kappa shape index (κ3) is 4.65. The van der Waals surface area contributed by atoms with Crippen molar-refractivity contribution in [2.45, 2.75) is 0 Å². The van der Waals surface area contributed by atoms with Crippen molar-refractivity contribution >= 4 is 34.6 Å². The molecule has 0 aliphatic rings. The lowest BCUT2D eigenvalue weighted by Gasteiger charge is -2.06. The zero-order chi connectivity index (χ0) is 19.2.